The molecule has 1 fully saturated rings. The van der Waals surface area contributed by atoms with Crippen LogP contribution >= 0.6 is 0 Å². The highest BCUT2D eigenvalue weighted by atomic mass is 16.5. The highest BCUT2D eigenvalue weighted by Gasteiger charge is 2.27. The highest BCUT2D eigenvalue weighted by Crippen LogP contribution is 2.18. The molecule has 2 atom stereocenters. The Morgan fingerprint density at radius 3 is 2.94 bits per heavy atom. The number of hydrogen-bond acceptors (Lipinski definition) is 4. The summed E-state index contributed by atoms with van der Waals surface area (Å²) in [7, 11) is 0. The Morgan fingerprint density at radius 1 is 1.62 bits per heavy atom. The van der Waals surface area contributed by atoms with Crippen molar-refractivity contribution in [1.29, 1.82) is 0 Å². The maximum atomic E-state index is 8.62. The molecule has 2 unspecified atom stereocenters. The zero-order valence-electron chi connectivity index (χ0n) is 10.2. The van der Waals surface area contributed by atoms with Gasteiger partial charge in [0.1, 0.15) is 5.84 Å². The Hall–Kier alpha value is -0.810. The summed E-state index contributed by atoms with van der Waals surface area (Å²) >= 11 is 0. The van der Waals surface area contributed by atoms with E-state index in [-0.39, 0.29) is 0 Å². The molecule has 0 bridgehead atoms. The minimum Gasteiger partial charge on any atom is -0.409 e. The van der Waals surface area contributed by atoms with E-state index >= 15 is 0 Å². The average molecular weight is 229 g/mol. The van der Waals surface area contributed by atoms with Crippen molar-refractivity contribution in [2.45, 2.75) is 45.2 Å². The molecule has 0 aromatic carbocycles. The van der Waals surface area contributed by atoms with Gasteiger partial charge in [-0.25, -0.2) is 0 Å². The van der Waals surface area contributed by atoms with E-state index in [9.17, 15) is 0 Å². The lowest BCUT2D eigenvalue weighted by atomic mass is 10.0. The second kappa shape index (κ2) is 6.70. The van der Waals surface area contributed by atoms with Crippen molar-refractivity contribution in [2.24, 2.45) is 10.9 Å². The van der Waals surface area contributed by atoms with E-state index in [4.69, 9.17) is 15.7 Å². The lowest BCUT2D eigenvalue weighted by molar-refractivity contribution is -0.0295. The van der Waals surface area contributed by atoms with Crippen LogP contribution in [0.1, 0.15) is 33.1 Å². The van der Waals surface area contributed by atoms with Crippen LogP contribution < -0.4 is 5.73 Å². The fourth-order valence-corrected chi connectivity index (χ4v) is 2.28. The van der Waals surface area contributed by atoms with Gasteiger partial charge >= 0.3 is 0 Å². The predicted octanol–water partition coefficient (Wildman–Crippen LogP) is 1.01. The van der Waals surface area contributed by atoms with Crippen LogP contribution in [0.3, 0.4) is 0 Å². The molecule has 0 spiro atoms. The van der Waals surface area contributed by atoms with Crippen molar-refractivity contribution in [3.05, 3.63) is 0 Å². The summed E-state index contributed by atoms with van der Waals surface area (Å²) in [5.74, 6) is 0.313. The molecule has 1 aliphatic rings. The molecule has 0 aromatic rings. The number of hydrogen-bond donors (Lipinski definition) is 2. The van der Waals surface area contributed by atoms with Gasteiger partial charge in [-0.2, -0.15) is 0 Å². The average Bonchev–Trinajstić information content (AvgIpc) is 2.35. The van der Waals surface area contributed by atoms with Gasteiger partial charge in [-0.15, -0.1) is 0 Å². The van der Waals surface area contributed by atoms with Gasteiger partial charge in [-0.05, 0) is 12.8 Å². The monoisotopic (exact) mass is 229 g/mol. The van der Waals surface area contributed by atoms with E-state index < -0.39 is 0 Å². The second-order valence-electron chi connectivity index (χ2n) is 4.23. The fourth-order valence-electron chi connectivity index (χ4n) is 2.28. The minimum absolute atomic E-state index is 0.313. The zero-order chi connectivity index (χ0) is 12.0. The van der Waals surface area contributed by atoms with E-state index in [0.29, 0.717) is 24.3 Å². The Balaban J connectivity index is 2.61. The predicted molar refractivity (Wildman–Crippen MR) is 63.7 cm³/mol. The molecule has 0 saturated carbocycles. The van der Waals surface area contributed by atoms with Crippen molar-refractivity contribution in [2.75, 3.05) is 19.8 Å². The normalized spacial score (nSPS) is 25.6. The van der Waals surface area contributed by atoms with Crippen molar-refractivity contribution < 1.29 is 9.94 Å². The summed E-state index contributed by atoms with van der Waals surface area (Å²) in [5, 5.41) is 11.7. The van der Waals surface area contributed by atoms with Gasteiger partial charge in [0.2, 0.25) is 0 Å². The first-order chi connectivity index (χ1) is 7.72. The first-order valence-electron chi connectivity index (χ1n) is 6.02. The Labute approximate surface area is 97.2 Å². The third-order valence-corrected chi connectivity index (χ3v) is 3.26. The lowest BCUT2D eigenvalue weighted by Crippen LogP contribution is -2.51. The quantitative estimate of drug-likeness (QED) is 0.319. The third kappa shape index (κ3) is 3.35. The van der Waals surface area contributed by atoms with E-state index in [1.807, 2.05) is 0 Å². The summed E-state index contributed by atoms with van der Waals surface area (Å²) in [6.45, 7) is 6.82. The molecule has 0 radical (unpaired) electrons. The smallest absolute Gasteiger partial charge is 0.140 e. The molecule has 1 aliphatic heterocycles. The number of nitrogens with zero attached hydrogens (tertiary/aromatic N) is 2. The molecule has 0 amide bonds. The number of ether oxygens (including phenoxy) is 1. The number of rotatable bonds is 5. The second-order valence-corrected chi connectivity index (χ2v) is 4.23. The molecule has 16 heavy (non-hydrogen) atoms. The molecule has 1 saturated heterocycles. The van der Waals surface area contributed by atoms with E-state index in [2.05, 4.69) is 23.9 Å². The van der Waals surface area contributed by atoms with Gasteiger partial charge in [0.05, 0.1) is 13.2 Å². The van der Waals surface area contributed by atoms with Crippen LogP contribution in [0.25, 0.3) is 0 Å². The highest BCUT2D eigenvalue weighted by molar-refractivity contribution is 5.80. The standard InChI is InChI=1S/C11H23N3O2/c1-3-9(7-11(12)13-15)14-5-6-16-8-10(14)4-2/h9-10,15H,3-8H2,1-2H3,(H2,12,13). The largest absolute Gasteiger partial charge is 0.409 e. The van der Waals surface area contributed by atoms with Crippen LogP contribution in [0.2, 0.25) is 0 Å². The summed E-state index contributed by atoms with van der Waals surface area (Å²) in [4.78, 5) is 2.43. The molecule has 5 nitrogen and oxygen atoms in total. The van der Waals surface area contributed by atoms with Gasteiger partial charge in [-0.3, -0.25) is 4.90 Å². The maximum absolute atomic E-state index is 8.62. The number of oxime groups is 1. The first-order valence-corrected chi connectivity index (χ1v) is 6.02. The van der Waals surface area contributed by atoms with E-state index in [0.717, 1.165) is 32.6 Å². The number of nitrogens with two attached hydrogens (primary N) is 1. The Bertz CT molecular complexity index is 233. The molecule has 1 rings (SSSR count). The van der Waals surface area contributed by atoms with Gasteiger partial charge in [0, 0.05) is 25.0 Å². The summed E-state index contributed by atoms with van der Waals surface area (Å²) < 4.78 is 5.48. The van der Waals surface area contributed by atoms with Gasteiger partial charge in [0.15, 0.2) is 0 Å². The Kier molecular flexibility index (Phi) is 5.55. The van der Waals surface area contributed by atoms with Crippen LogP contribution in [0.15, 0.2) is 5.16 Å². The number of morpholine rings is 1. The molecular formula is C11H23N3O2. The summed E-state index contributed by atoms with van der Waals surface area (Å²) in [6.07, 6.45) is 2.71. The van der Waals surface area contributed by atoms with Crippen molar-refractivity contribution >= 4 is 5.84 Å². The molecule has 3 N–H and O–H groups in total. The molecule has 1 heterocycles. The lowest BCUT2D eigenvalue weighted by Gasteiger charge is -2.40. The van der Waals surface area contributed by atoms with Gasteiger partial charge in [0.25, 0.3) is 0 Å². The van der Waals surface area contributed by atoms with Gasteiger partial charge < -0.3 is 15.7 Å². The van der Waals surface area contributed by atoms with Crippen LogP contribution in [-0.4, -0.2) is 47.8 Å². The molecule has 0 aromatic heterocycles. The number of amidine groups is 1. The maximum Gasteiger partial charge on any atom is 0.140 e. The summed E-state index contributed by atoms with van der Waals surface area (Å²) in [5.41, 5.74) is 5.59. The van der Waals surface area contributed by atoms with E-state index in [1.165, 1.54) is 0 Å². The van der Waals surface area contributed by atoms with Crippen molar-refractivity contribution in [3.8, 4) is 0 Å². The summed E-state index contributed by atoms with van der Waals surface area (Å²) in [6, 6.07) is 0.815. The van der Waals surface area contributed by atoms with Gasteiger partial charge in [-0.1, -0.05) is 19.0 Å². The topological polar surface area (TPSA) is 71.1 Å². The zero-order valence-corrected chi connectivity index (χ0v) is 10.2. The SMILES string of the molecule is CCC1COCCN1C(CC)C/C(N)=N/O. The molecule has 94 valence electrons. The molecule has 0 aliphatic carbocycles. The van der Waals surface area contributed by atoms with Crippen molar-refractivity contribution in [1.82, 2.24) is 4.90 Å². The van der Waals surface area contributed by atoms with E-state index in [1.54, 1.807) is 0 Å². The first kappa shape index (κ1) is 13.3. The van der Waals surface area contributed by atoms with Crippen LogP contribution in [-0.2, 0) is 4.74 Å². The third-order valence-electron chi connectivity index (χ3n) is 3.26. The Morgan fingerprint density at radius 2 is 2.38 bits per heavy atom. The fraction of sp³-hybridized carbons (Fsp3) is 0.909. The minimum atomic E-state index is 0.313. The van der Waals surface area contributed by atoms with Crippen LogP contribution in [0.5, 0.6) is 0 Å². The molecular weight excluding hydrogens is 206 g/mol. The molecule has 5 heteroatoms. The van der Waals surface area contributed by atoms with Crippen molar-refractivity contribution in [3.63, 3.8) is 0 Å². The van der Waals surface area contributed by atoms with Crippen LogP contribution in [0.4, 0.5) is 0 Å². The van der Waals surface area contributed by atoms with Crippen LogP contribution in [0, 0.1) is 0 Å².